The molecule has 1 heterocycles. The lowest BCUT2D eigenvalue weighted by Crippen LogP contribution is -2.43. The van der Waals surface area contributed by atoms with Crippen molar-refractivity contribution in [1.29, 1.82) is 0 Å². The van der Waals surface area contributed by atoms with Crippen molar-refractivity contribution in [2.24, 2.45) is 5.92 Å². The van der Waals surface area contributed by atoms with Gasteiger partial charge in [0.1, 0.15) is 0 Å². The molecule has 1 fully saturated rings. The van der Waals surface area contributed by atoms with E-state index in [4.69, 9.17) is 4.74 Å². The van der Waals surface area contributed by atoms with Crippen molar-refractivity contribution in [3.63, 3.8) is 0 Å². The number of piperidine rings is 1. The molecule has 0 bridgehead atoms. The quantitative estimate of drug-likeness (QED) is 0.660. The third-order valence-corrected chi connectivity index (χ3v) is 6.96. The third kappa shape index (κ3) is 6.59. The molecule has 27 heavy (non-hydrogen) atoms. The Kier molecular flexibility index (Phi) is 8.73. The summed E-state index contributed by atoms with van der Waals surface area (Å²) in [6.45, 7) is 6.47. The van der Waals surface area contributed by atoms with E-state index in [1.54, 1.807) is 4.31 Å². The van der Waals surface area contributed by atoms with Gasteiger partial charge >= 0.3 is 0 Å². The van der Waals surface area contributed by atoms with E-state index in [2.05, 4.69) is 5.32 Å². The van der Waals surface area contributed by atoms with Crippen LogP contribution in [0.4, 0.5) is 0 Å². The molecule has 1 aromatic carbocycles. The summed E-state index contributed by atoms with van der Waals surface area (Å²) < 4.78 is 31.6. The maximum Gasteiger partial charge on any atom is 0.223 e. The highest BCUT2D eigenvalue weighted by atomic mass is 32.2. The zero-order chi connectivity index (χ0) is 19.7. The van der Waals surface area contributed by atoms with Crippen molar-refractivity contribution >= 4 is 15.9 Å². The van der Waals surface area contributed by atoms with Crippen LogP contribution in [0.25, 0.3) is 0 Å². The van der Waals surface area contributed by atoms with Gasteiger partial charge in [0.05, 0.1) is 12.4 Å². The summed E-state index contributed by atoms with van der Waals surface area (Å²) in [5, 5.41) is 3.01. The normalized spacial score (nSPS) is 16.4. The van der Waals surface area contributed by atoms with Gasteiger partial charge in [-0.15, -0.1) is 0 Å². The lowest BCUT2D eigenvalue weighted by molar-refractivity contribution is -0.126. The summed E-state index contributed by atoms with van der Waals surface area (Å²) in [6, 6.07) is 7.93. The van der Waals surface area contributed by atoms with Gasteiger partial charge in [0.15, 0.2) is 0 Å². The molecule has 0 aromatic heterocycles. The van der Waals surface area contributed by atoms with Crippen molar-refractivity contribution in [2.45, 2.75) is 52.7 Å². The van der Waals surface area contributed by atoms with Gasteiger partial charge in [-0.05, 0) is 37.3 Å². The van der Waals surface area contributed by atoms with E-state index in [1.807, 2.05) is 38.1 Å². The van der Waals surface area contributed by atoms with Gasteiger partial charge in [-0.1, -0.05) is 37.6 Å². The second-order valence-electron chi connectivity index (χ2n) is 6.97. The first-order chi connectivity index (χ1) is 13.0. The Balaban J connectivity index is 1.83. The molecule has 1 aliphatic heterocycles. The number of rotatable bonds is 10. The Morgan fingerprint density at radius 1 is 1.19 bits per heavy atom. The number of unbranched alkanes of at least 4 members (excludes halogenated alkanes) is 1. The lowest BCUT2D eigenvalue weighted by Gasteiger charge is -2.30. The van der Waals surface area contributed by atoms with Crippen molar-refractivity contribution in [2.75, 3.05) is 25.4 Å². The van der Waals surface area contributed by atoms with Crippen LogP contribution in [0.3, 0.4) is 0 Å². The number of hydrogen-bond donors (Lipinski definition) is 1. The number of ether oxygens (including phenoxy) is 1. The first kappa shape index (κ1) is 21.9. The van der Waals surface area contributed by atoms with Gasteiger partial charge < -0.3 is 10.1 Å². The third-order valence-electron chi connectivity index (χ3n) is 5.01. The van der Waals surface area contributed by atoms with E-state index in [0.717, 1.165) is 17.5 Å². The van der Waals surface area contributed by atoms with Gasteiger partial charge in [-0.3, -0.25) is 4.79 Å². The number of sulfonamides is 1. The number of carbonyl (C=O) groups is 1. The van der Waals surface area contributed by atoms with Crippen LogP contribution in [0.5, 0.6) is 0 Å². The monoisotopic (exact) mass is 396 g/mol. The molecular weight excluding hydrogens is 364 g/mol. The van der Waals surface area contributed by atoms with Gasteiger partial charge in [0, 0.05) is 32.2 Å². The van der Waals surface area contributed by atoms with E-state index in [1.165, 1.54) is 0 Å². The van der Waals surface area contributed by atoms with Crippen molar-refractivity contribution in [3.8, 4) is 0 Å². The van der Waals surface area contributed by atoms with Gasteiger partial charge in [0.25, 0.3) is 0 Å². The first-order valence-electron chi connectivity index (χ1n) is 9.88. The number of benzene rings is 1. The Labute approximate surface area is 163 Å². The second kappa shape index (κ2) is 10.8. The Hall–Kier alpha value is -1.44. The second-order valence-corrected chi connectivity index (χ2v) is 9.06. The molecule has 0 saturated carbocycles. The molecule has 0 radical (unpaired) electrons. The summed E-state index contributed by atoms with van der Waals surface area (Å²) >= 11 is 0. The molecular formula is C20H32N2O4S. The Bertz CT molecular complexity index is 698. The fraction of sp³-hybridized carbons (Fsp3) is 0.650. The van der Waals surface area contributed by atoms with Gasteiger partial charge in [0.2, 0.25) is 15.9 Å². The maximum atomic E-state index is 12.5. The van der Waals surface area contributed by atoms with Crippen molar-refractivity contribution in [1.82, 2.24) is 9.62 Å². The molecule has 1 saturated heterocycles. The highest BCUT2D eigenvalue weighted by molar-refractivity contribution is 7.89. The minimum Gasteiger partial charge on any atom is -0.377 e. The molecule has 0 spiro atoms. The number of amides is 1. The van der Waals surface area contributed by atoms with Gasteiger partial charge in [-0.25, -0.2) is 12.7 Å². The molecule has 7 heteroatoms. The Morgan fingerprint density at radius 3 is 2.48 bits per heavy atom. The van der Waals surface area contributed by atoms with Crippen LogP contribution in [-0.4, -0.2) is 44.1 Å². The average Bonchev–Trinajstić information content (AvgIpc) is 2.69. The summed E-state index contributed by atoms with van der Waals surface area (Å²) in [7, 11) is -3.18. The average molecular weight is 397 g/mol. The van der Waals surface area contributed by atoms with Crippen LogP contribution in [0, 0.1) is 5.92 Å². The predicted octanol–water partition coefficient (Wildman–Crippen LogP) is 2.68. The van der Waals surface area contributed by atoms with Crippen molar-refractivity contribution < 1.29 is 17.9 Å². The zero-order valence-corrected chi connectivity index (χ0v) is 17.3. The molecule has 1 aliphatic rings. The fourth-order valence-corrected chi connectivity index (χ4v) is 4.94. The summed E-state index contributed by atoms with van der Waals surface area (Å²) in [5.41, 5.74) is 2.13. The molecule has 0 unspecified atom stereocenters. The highest BCUT2D eigenvalue weighted by Crippen LogP contribution is 2.21. The Morgan fingerprint density at radius 2 is 1.85 bits per heavy atom. The van der Waals surface area contributed by atoms with Gasteiger partial charge in [-0.2, -0.15) is 0 Å². The zero-order valence-electron chi connectivity index (χ0n) is 16.4. The standard InChI is InChI=1S/C20H32N2O4S/c1-3-5-14-27(24,25)22-12-10-17(11-13-22)20(23)21-15-18-8-6-7-9-19(18)16-26-4-2/h6-9,17H,3-5,10-16H2,1-2H3,(H,21,23). The highest BCUT2D eigenvalue weighted by Gasteiger charge is 2.30. The van der Waals surface area contributed by atoms with Crippen molar-refractivity contribution in [3.05, 3.63) is 35.4 Å². The van der Waals surface area contributed by atoms with Crippen LogP contribution in [0.2, 0.25) is 0 Å². The van der Waals surface area contributed by atoms with E-state index in [-0.39, 0.29) is 17.6 Å². The largest absolute Gasteiger partial charge is 0.377 e. The first-order valence-corrected chi connectivity index (χ1v) is 11.5. The molecule has 0 aliphatic carbocycles. The number of nitrogens with zero attached hydrogens (tertiary/aromatic N) is 1. The number of carbonyl (C=O) groups excluding carboxylic acids is 1. The molecule has 152 valence electrons. The molecule has 1 aromatic rings. The predicted molar refractivity (Wildman–Crippen MR) is 107 cm³/mol. The fourth-order valence-electron chi connectivity index (χ4n) is 3.26. The smallest absolute Gasteiger partial charge is 0.223 e. The minimum atomic E-state index is -3.18. The van der Waals surface area contributed by atoms with Crippen LogP contribution in [0.1, 0.15) is 50.7 Å². The summed E-state index contributed by atoms with van der Waals surface area (Å²) in [6.07, 6.45) is 2.71. The van der Waals surface area contributed by atoms with Crippen LogP contribution >= 0.6 is 0 Å². The van der Waals surface area contributed by atoms with E-state index in [0.29, 0.717) is 52.1 Å². The molecule has 2 rings (SSSR count). The minimum absolute atomic E-state index is 0.00631. The summed E-state index contributed by atoms with van der Waals surface area (Å²) in [5.74, 6) is 0.0882. The van der Waals surface area contributed by atoms with E-state index < -0.39 is 10.0 Å². The summed E-state index contributed by atoms with van der Waals surface area (Å²) in [4.78, 5) is 12.5. The maximum absolute atomic E-state index is 12.5. The number of hydrogen-bond acceptors (Lipinski definition) is 4. The number of nitrogens with one attached hydrogen (secondary N) is 1. The lowest BCUT2D eigenvalue weighted by atomic mass is 9.97. The molecule has 0 atom stereocenters. The SMILES string of the molecule is CCCCS(=O)(=O)N1CCC(C(=O)NCc2ccccc2COCC)CC1. The topological polar surface area (TPSA) is 75.7 Å². The molecule has 1 N–H and O–H groups in total. The van der Waals surface area contributed by atoms with Crippen LogP contribution < -0.4 is 5.32 Å². The molecule has 6 nitrogen and oxygen atoms in total. The molecule has 1 amide bonds. The van der Waals surface area contributed by atoms with Crippen LogP contribution in [0.15, 0.2) is 24.3 Å². The van der Waals surface area contributed by atoms with Crippen LogP contribution in [-0.2, 0) is 32.7 Å². The van der Waals surface area contributed by atoms with E-state index in [9.17, 15) is 13.2 Å². The van der Waals surface area contributed by atoms with E-state index >= 15 is 0 Å².